The zero-order valence-corrected chi connectivity index (χ0v) is 18.5. The number of amides is 1. The van der Waals surface area contributed by atoms with Crippen LogP contribution in [-0.2, 0) is 6.54 Å². The first-order valence-electron chi connectivity index (χ1n) is 10.5. The lowest BCUT2D eigenvalue weighted by atomic mass is 10.1. The molecule has 0 atom stereocenters. The number of carbonyl (C=O) groups is 1. The van der Waals surface area contributed by atoms with Crippen molar-refractivity contribution in [3.63, 3.8) is 0 Å². The predicted octanol–water partition coefficient (Wildman–Crippen LogP) is 6.04. The molecule has 8 heteroatoms. The van der Waals surface area contributed by atoms with Gasteiger partial charge in [-0.05, 0) is 29.9 Å². The molecule has 5 rings (SSSR count). The van der Waals surface area contributed by atoms with E-state index in [0.29, 0.717) is 22.1 Å². The highest BCUT2D eigenvalue weighted by Gasteiger charge is 2.21. The van der Waals surface area contributed by atoms with Crippen molar-refractivity contribution in [2.75, 3.05) is 5.32 Å². The maximum Gasteiger partial charge on any atom is 0.259 e. The van der Waals surface area contributed by atoms with Crippen molar-refractivity contribution in [3.8, 4) is 11.3 Å². The van der Waals surface area contributed by atoms with Crippen LogP contribution in [0.25, 0.3) is 22.3 Å². The van der Waals surface area contributed by atoms with Gasteiger partial charge in [0.1, 0.15) is 0 Å². The third-order valence-electron chi connectivity index (χ3n) is 5.58. The molecule has 1 amide bonds. The van der Waals surface area contributed by atoms with Gasteiger partial charge < -0.3 is 5.32 Å². The van der Waals surface area contributed by atoms with Gasteiger partial charge in [-0.1, -0.05) is 67.6 Å². The van der Waals surface area contributed by atoms with Crippen LogP contribution in [-0.4, -0.2) is 25.0 Å². The van der Waals surface area contributed by atoms with Crippen LogP contribution in [0.2, 0.25) is 5.02 Å². The summed E-state index contributed by atoms with van der Waals surface area (Å²) in [5, 5.41) is 10.6. The van der Waals surface area contributed by atoms with Gasteiger partial charge in [-0.3, -0.25) is 4.79 Å². The number of carbonyl (C=O) groups excluding carboxylic acids is 1. The summed E-state index contributed by atoms with van der Waals surface area (Å²) in [4.78, 5) is 17.5. The van der Waals surface area contributed by atoms with Crippen LogP contribution >= 0.6 is 23.1 Å². The Labute approximate surface area is 189 Å². The molecule has 0 bridgehead atoms. The summed E-state index contributed by atoms with van der Waals surface area (Å²) >= 11 is 7.84. The van der Waals surface area contributed by atoms with E-state index in [9.17, 15) is 4.79 Å². The molecule has 0 saturated heterocycles. The van der Waals surface area contributed by atoms with Gasteiger partial charge in [0.2, 0.25) is 0 Å². The van der Waals surface area contributed by atoms with Crippen LogP contribution in [0.15, 0.2) is 48.0 Å². The topological polar surface area (TPSA) is 72.7 Å². The Morgan fingerprint density at radius 2 is 2.06 bits per heavy atom. The highest BCUT2D eigenvalue weighted by Crippen LogP contribution is 2.35. The maximum atomic E-state index is 12.6. The zero-order valence-electron chi connectivity index (χ0n) is 16.9. The average molecular weight is 452 g/mol. The summed E-state index contributed by atoms with van der Waals surface area (Å²) in [6.07, 6.45) is 7.78. The lowest BCUT2D eigenvalue weighted by Gasteiger charge is -2.07. The number of hydrogen-bond acceptors (Lipinski definition) is 5. The van der Waals surface area contributed by atoms with E-state index in [0.717, 1.165) is 35.5 Å². The fourth-order valence-corrected chi connectivity index (χ4v) is 4.49. The molecule has 3 heterocycles. The molecule has 1 aliphatic carbocycles. The molecular formula is C23H22ClN5OS. The third-order valence-corrected chi connectivity index (χ3v) is 6.45. The van der Waals surface area contributed by atoms with Gasteiger partial charge in [0.25, 0.3) is 5.91 Å². The summed E-state index contributed by atoms with van der Waals surface area (Å²) in [5.74, 6) is 1.16. The molecular weight excluding hydrogens is 430 g/mol. The van der Waals surface area contributed by atoms with Gasteiger partial charge in [-0.15, -0.1) is 0 Å². The number of nitrogens with one attached hydrogen (secondary N) is 1. The molecule has 0 spiro atoms. The van der Waals surface area contributed by atoms with E-state index >= 15 is 0 Å². The SMILES string of the molecule is O=C(Nc1nn(CCCCC2CC2)c2nc(-c3ccccc3)c(Cl)cc12)c1cnsc1. The highest BCUT2D eigenvalue weighted by molar-refractivity contribution is 7.03. The molecule has 0 radical (unpaired) electrons. The Bertz CT molecular complexity index is 1200. The summed E-state index contributed by atoms with van der Waals surface area (Å²) in [5.41, 5.74) is 2.91. The Morgan fingerprint density at radius 1 is 1.23 bits per heavy atom. The summed E-state index contributed by atoms with van der Waals surface area (Å²) < 4.78 is 5.90. The molecule has 1 aliphatic rings. The van der Waals surface area contributed by atoms with Crippen LogP contribution in [0, 0.1) is 5.92 Å². The first-order chi connectivity index (χ1) is 15.2. The minimum Gasteiger partial charge on any atom is -0.304 e. The summed E-state index contributed by atoms with van der Waals surface area (Å²) in [6.45, 7) is 0.752. The number of rotatable bonds is 8. The summed E-state index contributed by atoms with van der Waals surface area (Å²) in [6, 6.07) is 11.7. The van der Waals surface area contributed by atoms with Gasteiger partial charge in [-0.2, -0.15) is 5.10 Å². The van der Waals surface area contributed by atoms with Crippen molar-refractivity contribution in [1.29, 1.82) is 0 Å². The quantitative estimate of drug-likeness (QED) is 0.331. The van der Waals surface area contributed by atoms with Crippen LogP contribution in [0.3, 0.4) is 0 Å². The Kier molecular flexibility index (Phi) is 5.70. The van der Waals surface area contributed by atoms with Crippen LogP contribution in [0.1, 0.15) is 42.5 Å². The van der Waals surface area contributed by atoms with Crippen molar-refractivity contribution >= 4 is 45.9 Å². The molecule has 0 aliphatic heterocycles. The van der Waals surface area contributed by atoms with Crippen molar-refractivity contribution < 1.29 is 4.79 Å². The van der Waals surface area contributed by atoms with Crippen LogP contribution in [0.5, 0.6) is 0 Å². The predicted molar refractivity (Wildman–Crippen MR) is 125 cm³/mol. The molecule has 1 fully saturated rings. The number of hydrogen-bond donors (Lipinski definition) is 1. The van der Waals surface area contributed by atoms with E-state index in [2.05, 4.69) is 9.69 Å². The van der Waals surface area contributed by atoms with Crippen molar-refractivity contribution in [3.05, 3.63) is 58.6 Å². The second-order valence-corrected chi connectivity index (χ2v) is 9.00. The first kappa shape index (κ1) is 20.2. The molecule has 0 unspecified atom stereocenters. The number of halogens is 1. The van der Waals surface area contributed by atoms with E-state index in [-0.39, 0.29) is 5.91 Å². The molecule has 1 N–H and O–H groups in total. The molecule has 31 heavy (non-hydrogen) atoms. The molecule has 3 aromatic heterocycles. The number of aromatic nitrogens is 4. The Morgan fingerprint density at radius 3 is 2.81 bits per heavy atom. The second-order valence-electron chi connectivity index (χ2n) is 7.93. The minimum atomic E-state index is -0.239. The van der Waals surface area contributed by atoms with Gasteiger partial charge in [0.05, 0.1) is 27.9 Å². The lowest BCUT2D eigenvalue weighted by molar-refractivity contribution is 0.102. The van der Waals surface area contributed by atoms with Gasteiger partial charge in [-0.25, -0.2) is 14.0 Å². The monoisotopic (exact) mass is 451 g/mol. The van der Waals surface area contributed by atoms with Gasteiger partial charge in [0, 0.05) is 17.5 Å². The largest absolute Gasteiger partial charge is 0.304 e. The van der Waals surface area contributed by atoms with E-state index in [4.69, 9.17) is 21.7 Å². The molecule has 158 valence electrons. The smallest absolute Gasteiger partial charge is 0.259 e. The number of fused-ring (bicyclic) bond motifs is 1. The van der Waals surface area contributed by atoms with E-state index < -0.39 is 0 Å². The Hall–Kier alpha value is -2.77. The molecule has 1 aromatic carbocycles. The number of aryl methyl sites for hydroxylation is 1. The fourth-order valence-electron chi connectivity index (χ4n) is 3.72. The number of pyridine rings is 1. The zero-order chi connectivity index (χ0) is 21.2. The molecule has 6 nitrogen and oxygen atoms in total. The van der Waals surface area contributed by atoms with Crippen LogP contribution in [0.4, 0.5) is 5.82 Å². The Balaban J connectivity index is 1.49. The van der Waals surface area contributed by atoms with Gasteiger partial charge in [0.15, 0.2) is 11.5 Å². The van der Waals surface area contributed by atoms with Gasteiger partial charge >= 0.3 is 0 Å². The number of nitrogens with zero attached hydrogens (tertiary/aromatic N) is 4. The molecule has 4 aromatic rings. The van der Waals surface area contributed by atoms with Crippen molar-refractivity contribution in [2.45, 2.75) is 38.6 Å². The second kappa shape index (κ2) is 8.77. The van der Waals surface area contributed by atoms with Crippen molar-refractivity contribution in [2.24, 2.45) is 5.92 Å². The average Bonchev–Trinajstić information content (AvgIpc) is 3.32. The van der Waals surface area contributed by atoms with Crippen LogP contribution < -0.4 is 5.32 Å². The lowest BCUT2D eigenvalue weighted by Crippen LogP contribution is -2.12. The standard InChI is InChI=1S/C23H22ClN5OS/c24-19-12-18-21(27-23(30)17-13-25-31-14-17)28-29(11-5-4-6-15-9-10-15)22(18)26-20(19)16-7-2-1-3-8-16/h1-3,7-8,12-15H,4-6,9-11H2,(H,27,28,30). The number of benzene rings is 1. The number of anilines is 1. The van der Waals surface area contributed by atoms with E-state index in [1.165, 1.54) is 37.2 Å². The summed E-state index contributed by atoms with van der Waals surface area (Å²) in [7, 11) is 0. The van der Waals surface area contributed by atoms with Crippen molar-refractivity contribution in [1.82, 2.24) is 19.1 Å². The highest BCUT2D eigenvalue weighted by atomic mass is 35.5. The maximum absolute atomic E-state index is 12.6. The third kappa shape index (κ3) is 4.48. The number of unbranched alkanes of at least 4 members (excludes halogenated alkanes) is 1. The normalized spacial score (nSPS) is 13.6. The minimum absolute atomic E-state index is 0.239. The fraction of sp³-hybridized carbons (Fsp3) is 0.304. The first-order valence-corrected chi connectivity index (χ1v) is 11.7. The van der Waals surface area contributed by atoms with E-state index in [1.807, 2.05) is 41.1 Å². The molecule has 1 saturated carbocycles. The van der Waals surface area contributed by atoms with E-state index in [1.54, 1.807) is 11.6 Å².